The van der Waals surface area contributed by atoms with E-state index in [0.29, 0.717) is 19.6 Å². The van der Waals surface area contributed by atoms with Crippen LogP contribution in [0.25, 0.3) is 0 Å². The Morgan fingerprint density at radius 3 is 2.08 bits per heavy atom. The van der Waals surface area contributed by atoms with E-state index in [1.54, 1.807) is 11.3 Å². The maximum Gasteiger partial charge on any atom is 0.305 e. The number of ether oxygens (including phenoxy) is 3. The van der Waals surface area contributed by atoms with Crippen molar-refractivity contribution in [3.05, 3.63) is 17.1 Å². The summed E-state index contributed by atoms with van der Waals surface area (Å²) in [6, 6.07) is 0. The van der Waals surface area contributed by atoms with E-state index in [0.717, 1.165) is 38.6 Å². The molecule has 1 aliphatic heterocycles. The summed E-state index contributed by atoms with van der Waals surface area (Å²) >= 11 is 1.71. The van der Waals surface area contributed by atoms with Gasteiger partial charge in [0.25, 0.3) is 0 Å². The molecule has 1 saturated heterocycles. The molecule has 36 heavy (non-hydrogen) atoms. The molecule has 1 aromatic rings. The molecule has 1 aromatic heterocycles. The first-order chi connectivity index (χ1) is 17.8. The van der Waals surface area contributed by atoms with Crippen LogP contribution >= 0.6 is 11.3 Å². The van der Waals surface area contributed by atoms with Crippen LogP contribution in [0.15, 0.2) is 17.1 Å². The van der Waals surface area contributed by atoms with E-state index in [1.807, 2.05) is 0 Å². The van der Waals surface area contributed by atoms with Crippen molar-refractivity contribution in [2.75, 3.05) is 13.2 Å². The van der Waals surface area contributed by atoms with Crippen molar-refractivity contribution in [3.63, 3.8) is 0 Å². The Kier molecular flexibility index (Phi) is 19.1. The van der Waals surface area contributed by atoms with Crippen molar-refractivity contribution in [1.82, 2.24) is 0 Å². The molecule has 6 heteroatoms. The largest absolute Gasteiger partial charge is 0.463 e. The zero-order valence-electron chi connectivity index (χ0n) is 23.1. The fourth-order valence-corrected chi connectivity index (χ4v) is 5.45. The van der Waals surface area contributed by atoms with Crippen LogP contribution in [0.5, 0.6) is 0 Å². The fraction of sp³-hybridized carbons (Fsp3) is 0.867. The fourth-order valence-electron chi connectivity index (χ4n) is 4.82. The molecule has 0 N–H and O–H groups in total. The molecule has 0 bridgehead atoms. The monoisotopic (exact) mass is 524 g/mol. The number of hydrogen-bond acceptors (Lipinski definition) is 5. The van der Waals surface area contributed by atoms with Gasteiger partial charge in [0.15, 0.2) is 12.5 Å². The molecular weight excluding hydrogens is 470 g/mol. The second kappa shape index (κ2) is 22.0. The predicted molar refractivity (Wildman–Crippen MR) is 148 cm³/mol. The minimum atomic E-state index is -0.120. The standard InChI is InChI=1S/C30H54NO4S/c1-2-3-4-5-6-7-8-9-10-11-12-13-14-15-18-21-30-34-26-28(35-30)25-33-29(32)20-17-16-19-22-31-23-24-36-27-31/h23-24,27-28,30H,2-22,25-26H2,1H3/q+1/t28-,30-/m1/s1. The quantitative estimate of drug-likeness (QED) is 0.0778. The van der Waals surface area contributed by atoms with E-state index >= 15 is 0 Å². The summed E-state index contributed by atoms with van der Waals surface area (Å²) < 4.78 is 19.3. The van der Waals surface area contributed by atoms with E-state index in [-0.39, 0.29) is 18.4 Å². The number of thiazole rings is 1. The highest BCUT2D eigenvalue weighted by Crippen LogP contribution is 2.19. The molecule has 0 amide bonds. The lowest BCUT2D eigenvalue weighted by molar-refractivity contribution is -0.692. The minimum Gasteiger partial charge on any atom is -0.463 e. The third-order valence-electron chi connectivity index (χ3n) is 7.11. The van der Waals surface area contributed by atoms with Gasteiger partial charge in [0.1, 0.15) is 19.3 Å². The molecule has 2 atom stereocenters. The van der Waals surface area contributed by atoms with Crippen LogP contribution in [0.2, 0.25) is 0 Å². The molecule has 0 radical (unpaired) electrons. The van der Waals surface area contributed by atoms with Crippen LogP contribution in [0.3, 0.4) is 0 Å². The molecule has 0 spiro atoms. The number of carbonyl (C=O) groups excluding carboxylic acids is 1. The second-order valence-electron chi connectivity index (χ2n) is 10.5. The van der Waals surface area contributed by atoms with E-state index in [4.69, 9.17) is 14.2 Å². The lowest BCUT2D eigenvalue weighted by Crippen LogP contribution is -2.29. The number of carbonyl (C=O) groups is 1. The van der Waals surface area contributed by atoms with Crippen LogP contribution in [-0.4, -0.2) is 31.6 Å². The molecule has 0 unspecified atom stereocenters. The summed E-state index contributed by atoms with van der Waals surface area (Å²) in [5.74, 6) is -0.118. The number of aromatic nitrogens is 1. The highest BCUT2D eigenvalue weighted by Gasteiger charge is 2.26. The zero-order valence-corrected chi connectivity index (χ0v) is 24.0. The molecular formula is C30H54NO4S+. The van der Waals surface area contributed by atoms with Gasteiger partial charge in [0, 0.05) is 12.8 Å². The molecule has 5 nitrogen and oxygen atoms in total. The van der Waals surface area contributed by atoms with Crippen LogP contribution < -0.4 is 4.57 Å². The SMILES string of the molecule is CCCCCCCCCCCCCCCCC[C@@H]1OC[C@@H](COC(=O)CCCCC[n+]2ccsc2)O1. The first-order valence-electron chi connectivity index (χ1n) is 15.1. The van der Waals surface area contributed by atoms with E-state index in [1.165, 1.54) is 89.9 Å². The Morgan fingerprint density at radius 1 is 0.861 bits per heavy atom. The van der Waals surface area contributed by atoms with Gasteiger partial charge in [-0.1, -0.05) is 108 Å². The number of aryl methyl sites for hydroxylation is 1. The van der Waals surface area contributed by atoms with E-state index in [2.05, 4.69) is 28.6 Å². The Morgan fingerprint density at radius 2 is 1.47 bits per heavy atom. The first kappa shape index (κ1) is 31.2. The highest BCUT2D eigenvalue weighted by molar-refractivity contribution is 7.07. The number of hydrogen-bond donors (Lipinski definition) is 0. The lowest BCUT2D eigenvalue weighted by Gasteiger charge is -2.12. The highest BCUT2D eigenvalue weighted by atomic mass is 32.1. The van der Waals surface area contributed by atoms with Gasteiger partial charge < -0.3 is 14.2 Å². The van der Waals surface area contributed by atoms with Crippen molar-refractivity contribution < 1.29 is 23.6 Å². The number of nitrogens with zero attached hydrogens (tertiary/aromatic N) is 1. The average molecular weight is 525 g/mol. The van der Waals surface area contributed by atoms with Gasteiger partial charge in [-0.3, -0.25) is 4.79 Å². The van der Waals surface area contributed by atoms with Crippen LogP contribution in [0, 0.1) is 0 Å². The Balaban J connectivity index is 1.30. The van der Waals surface area contributed by atoms with Crippen LogP contribution in [0.1, 0.15) is 135 Å². The maximum atomic E-state index is 12.0. The number of esters is 1. The average Bonchev–Trinajstić information content (AvgIpc) is 3.57. The van der Waals surface area contributed by atoms with Crippen molar-refractivity contribution in [1.29, 1.82) is 0 Å². The van der Waals surface area contributed by atoms with Gasteiger partial charge in [-0.05, 0) is 25.7 Å². The summed E-state index contributed by atoms with van der Waals surface area (Å²) in [6.07, 6.45) is 27.0. The van der Waals surface area contributed by atoms with Gasteiger partial charge in [0.05, 0.1) is 12.0 Å². The number of rotatable bonds is 24. The molecule has 2 heterocycles. The van der Waals surface area contributed by atoms with E-state index < -0.39 is 0 Å². The summed E-state index contributed by atoms with van der Waals surface area (Å²) in [7, 11) is 0. The van der Waals surface area contributed by atoms with Gasteiger partial charge in [-0.25, -0.2) is 0 Å². The van der Waals surface area contributed by atoms with Crippen molar-refractivity contribution in [3.8, 4) is 0 Å². The summed E-state index contributed by atoms with van der Waals surface area (Å²) in [6.45, 7) is 4.16. The number of unbranched alkanes of at least 4 members (excludes halogenated alkanes) is 16. The molecule has 0 saturated carbocycles. The third kappa shape index (κ3) is 16.7. The van der Waals surface area contributed by atoms with Crippen molar-refractivity contribution in [2.45, 2.75) is 154 Å². The second-order valence-corrected chi connectivity index (χ2v) is 11.3. The Labute approximate surface area is 225 Å². The lowest BCUT2D eigenvalue weighted by atomic mass is 10.0. The maximum absolute atomic E-state index is 12.0. The van der Waals surface area contributed by atoms with Gasteiger partial charge >= 0.3 is 5.97 Å². The molecule has 0 aromatic carbocycles. The van der Waals surface area contributed by atoms with Crippen molar-refractivity contribution in [2.24, 2.45) is 0 Å². The van der Waals surface area contributed by atoms with Crippen LogP contribution in [-0.2, 0) is 25.5 Å². The molecule has 0 aliphatic carbocycles. The predicted octanol–water partition coefficient (Wildman–Crippen LogP) is 8.14. The van der Waals surface area contributed by atoms with E-state index in [9.17, 15) is 4.79 Å². The topological polar surface area (TPSA) is 48.6 Å². The minimum absolute atomic E-state index is 0.106. The summed E-state index contributed by atoms with van der Waals surface area (Å²) in [5.41, 5.74) is 2.12. The van der Waals surface area contributed by atoms with Gasteiger partial charge in [-0.15, -0.1) is 0 Å². The van der Waals surface area contributed by atoms with Crippen molar-refractivity contribution >= 4 is 17.3 Å². The Bertz CT molecular complexity index is 624. The summed E-state index contributed by atoms with van der Waals surface area (Å²) in [4.78, 5) is 12.0. The smallest absolute Gasteiger partial charge is 0.305 e. The zero-order chi connectivity index (χ0) is 25.5. The molecule has 208 valence electrons. The normalized spacial score (nSPS) is 17.6. The molecule has 2 rings (SSSR count). The molecule has 1 aliphatic rings. The molecule has 1 fully saturated rings. The summed E-state index contributed by atoms with van der Waals surface area (Å²) in [5, 5.41) is 2.08. The van der Waals surface area contributed by atoms with Gasteiger partial charge in [0.2, 0.25) is 5.51 Å². The Hall–Kier alpha value is -0.980. The van der Waals surface area contributed by atoms with Gasteiger partial charge in [-0.2, -0.15) is 4.57 Å². The van der Waals surface area contributed by atoms with Crippen LogP contribution in [0.4, 0.5) is 0 Å². The first-order valence-corrected chi connectivity index (χ1v) is 16.1. The third-order valence-corrected chi connectivity index (χ3v) is 7.78.